The number of hydrogen-bond acceptors (Lipinski definition) is 13. The van der Waals surface area contributed by atoms with Crippen LogP contribution in [0.3, 0.4) is 0 Å². The van der Waals surface area contributed by atoms with Crippen molar-refractivity contribution in [3.05, 3.63) is 301 Å². The number of carboxylic acids is 5. The van der Waals surface area contributed by atoms with Crippen LogP contribution in [0.2, 0.25) is 0 Å². The van der Waals surface area contributed by atoms with Crippen molar-refractivity contribution in [3.63, 3.8) is 0 Å². The van der Waals surface area contributed by atoms with Crippen molar-refractivity contribution in [1.82, 2.24) is 30.4 Å². The number of aliphatic carboxylic acids is 2. The molecule has 0 aliphatic carbocycles. The number of carbonyl (C=O) groups excluding carboxylic acids is 3. The standard InChI is InChI=1S/C12H15NO.C12H17NO.C12H16O2.C11H14O3.C11H14O2.2C10H11FO2.C10H12N4.C10H12O2/c1-8(2)9-4-5-11-10(6-9)7-13(3)12(11)14;1-9(2)10-5-7-11(8-6-10)12(14)13(3)4;1-9(2)11-6-4-5-7-12(11)14-8-10(3)13;1-8(2)9-5-3-4-6-10(9)14-7-11(12)13;1-8(2)10-5-3-4-9(6-10)7-11(12)13;1-6(2)7-3-8(10(12)13)5-9(11)4-7;1-6(2)7-3-4-9(11)8(5-7)10(12)13;1-7(2)8-4-3-5-9(6-8)10-11-13-14-12-10;1-7(2)8-4-3-5-9(6-8)10(11)12/h4-6,8H,7H2,1-3H3;5-9H,1-4H3;4-7,9H,8H2,1-3H3;3-6,8H,7H2,1-2H3,(H,12,13);3-6,8H,7H2,1-2H3,(H,12,13);2*3-6H,1-2H3,(H,12,13);3-7H,1-2H3,(H,11,12,13,14);3-7H,1-2H3,(H,11,12). The molecule has 6 N–H and O–H groups in total. The Balaban J connectivity index is 0.000000352. The van der Waals surface area contributed by atoms with Crippen LogP contribution in [0, 0.1) is 11.6 Å². The highest BCUT2D eigenvalue weighted by Crippen LogP contribution is 2.30. The molecular weight excluding hydrogens is 1540 g/mol. The number of carbonyl (C=O) groups is 8. The van der Waals surface area contributed by atoms with E-state index in [0.29, 0.717) is 64.1 Å². The third kappa shape index (κ3) is 36.7. The van der Waals surface area contributed by atoms with Gasteiger partial charge in [0.1, 0.15) is 29.7 Å². The van der Waals surface area contributed by atoms with Crippen LogP contribution in [0.4, 0.5) is 8.78 Å². The molecule has 0 unspecified atom stereocenters. The van der Waals surface area contributed by atoms with Gasteiger partial charge in [0.25, 0.3) is 11.8 Å². The monoisotopic (exact) mass is 1660 g/mol. The topological polar surface area (TPSA) is 317 Å². The minimum Gasteiger partial charge on any atom is -0.486 e. The van der Waals surface area contributed by atoms with Crippen LogP contribution in [0.25, 0.3) is 11.4 Å². The number of fused-ring (bicyclic) bond motifs is 1. The Hall–Kier alpha value is -12.5. The fourth-order valence-electron chi connectivity index (χ4n) is 11.3. The van der Waals surface area contributed by atoms with Gasteiger partial charge in [-0.25, -0.2) is 28.0 Å². The van der Waals surface area contributed by atoms with Gasteiger partial charge in [0, 0.05) is 44.4 Å². The Morgan fingerprint density at radius 1 is 0.446 bits per heavy atom. The molecule has 23 heteroatoms. The number of nitrogens with zero attached hydrogens (tertiary/aromatic N) is 5. The maximum atomic E-state index is 12.9. The molecule has 11 rings (SSSR count). The Labute approximate surface area is 712 Å². The molecule has 2 amide bonds. The molecule has 121 heavy (non-hydrogen) atoms. The van der Waals surface area contributed by atoms with E-state index >= 15 is 0 Å². The van der Waals surface area contributed by atoms with Gasteiger partial charge >= 0.3 is 29.8 Å². The van der Waals surface area contributed by atoms with Crippen molar-refractivity contribution in [2.75, 3.05) is 34.4 Å². The molecule has 0 spiro atoms. The van der Waals surface area contributed by atoms with E-state index < -0.39 is 41.5 Å². The Bertz CT molecular complexity index is 4890. The summed E-state index contributed by atoms with van der Waals surface area (Å²) in [7, 11) is 5.37. The molecule has 0 saturated heterocycles. The number of para-hydroxylation sites is 2. The largest absolute Gasteiger partial charge is 0.486 e. The normalized spacial score (nSPS) is 11.0. The summed E-state index contributed by atoms with van der Waals surface area (Å²) in [4.78, 5) is 89.7. The number of aromatic amines is 1. The summed E-state index contributed by atoms with van der Waals surface area (Å²) < 4.78 is 36.4. The minimum atomic E-state index is -1.22. The van der Waals surface area contributed by atoms with E-state index in [0.717, 1.165) is 62.9 Å². The molecule has 0 fully saturated rings. The molecule has 0 saturated carbocycles. The highest BCUT2D eigenvalue weighted by atomic mass is 19.1. The number of benzene rings is 9. The van der Waals surface area contributed by atoms with Gasteiger partial charge in [-0.2, -0.15) is 5.21 Å². The zero-order valence-electron chi connectivity index (χ0n) is 73.9. The number of rotatable bonds is 22. The van der Waals surface area contributed by atoms with Gasteiger partial charge in [0.05, 0.1) is 23.1 Å². The molecule has 9 aromatic carbocycles. The molecule has 1 aromatic heterocycles. The van der Waals surface area contributed by atoms with E-state index in [1.54, 1.807) is 54.2 Å². The summed E-state index contributed by atoms with van der Waals surface area (Å²) in [6.45, 7) is 39.3. The minimum absolute atomic E-state index is 0.00343. The van der Waals surface area contributed by atoms with Crippen molar-refractivity contribution in [3.8, 4) is 22.9 Å². The first-order chi connectivity index (χ1) is 56.8. The van der Waals surface area contributed by atoms with Crippen molar-refractivity contribution >= 4 is 47.4 Å². The van der Waals surface area contributed by atoms with Crippen LogP contribution >= 0.6 is 0 Å². The summed E-state index contributed by atoms with van der Waals surface area (Å²) in [6, 6.07) is 60.3. The van der Waals surface area contributed by atoms with Crippen molar-refractivity contribution < 1.29 is 82.1 Å². The highest BCUT2D eigenvalue weighted by molar-refractivity contribution is 5.98. The number of aromatic carboxylic acids is 3. The SMILES string of the molecule is CC(=O)COc1ccccc1C(C)C.CC(C)c1cc(F)cc(C(=O)O)c1.CC(C)c1ccc(C(=O)N(C)C)cc1.CC(C)c1ccc(F)c(C(=O)O)c1.CC(C)c1ccc2c(c1)CN(C)C2=O.CC(C)c1cccc(-c2nn[nH]n2)c1.CC(C)c1cccc(C(=O)O)c1.CC(C)c1cccc(CC(=O)O)c1.CC(C)c1ccccc1OCC(=O)O. The Morgan fingerprint density at radius 2 is 0.901 bits per heavy atom. The molecule has 21 nitrogen and oxygen atoms in total. The number of tetrazole rings is 1. The van der Waals surface area contributed by atoms with E-state index in [1.807, 2.05) is 178 Å². The van der Waals surface area contributed by atoms with E-state index in [9.17, 15) is 47.1 Å². The first kappa shape index (κ1) is 103. The van der Waals surface area contributed by atoms with Gasteiger partial charge in [0.15, 0.2) is 12.4 Å². The van der Waals surface area contributed by atoms with Crippen LogP contribution in [0.1, 0.15) is 298 Å². The van der Waals surface area contributed by atoms with Gasteiger partial charge in [-0.15, -0.1) is 10.2 Å². The van der Waals surface area contributed by atoms with Crippen LogP contribution in [-0.2, 0) is 27.3 Å². The average Bonchev–Trinajstić information content (AvgIpc) is 1.66. The number of hydrogen-bond donors (Lipinski definition) is 6. The van der Waals surface area contributed by atoms with Gasteiger partial charge in [-0.05, 0) is 205 Å². The van der Waals surface area contributed by atoms with Gasteiger partial charge in [-0.1, -0.05) is 246 Å². The van der Waals surface area contributed by atoms with Crippen molar-refractivity contribution in [1.29, 1.82) is 0 Å². The van der Waals surface area contributed by atoms with Gasteiger partial charge < -0.3 is 44.8 Å². The molecule has 0 atom stereocenters. The third-order valence-corrected chi connectivity index (χ3v) is 18.5. The summed E-state index contributed by atoms with van der Waals surface area (Å²) >= 11 is 0. The summed E-state index contributed by atoms with van der Waals surface area (Å²) in [5.41, 5.74) is 14.6. The molecule has 10 aromatic rings. The van der Waals surface area contributed by atoms with Gasteiger partial charge in [-0.3, -0.25) is 19.2 Å². The van der Waals surface area contributed by atoms with Crippen LogP contribution in [0.15, 0.2) is 200 Å². The maximum Gasteiger partial charge on any atom is 0.341 e. The van der Waals surface area contributed by atoms with E-state index in [4.69, 9.17) is 35.0 Å². The number of ketones is 1. The highest BCUT2D eigenvalue weighted by Gasteiger charge is 2.25. The third-order valence-electron chi connectivity index (χ3n) is 18.5. The smallest absolute Gasteiger partial charge is 0.341 e. The fourth-order valence-corrected chi connectivity index (χ4v) is 11.3. The first-order valence-electron chi connectivity index (χ1n) is 40.2. The molecule has 0 bridgehead atoms. The summed E-state index contributed by atoms with van der Waals surface area (Å²) in [5.74, 6) is -0.247. The predicted molar refractivity (Wildman–Crippen MR) is 473 cm³/mol. The van der Waals surface area contributed by atoms with Gasteiger partial charge in [0.2, 0.25) is 5.82 Å². The quantitative estimate of drug-likeness (QED) is 0.0367. The summed E-state index contributed by atoms with van der Waals surface area (Å²) in [5, 5.41) is 56.9. The lowest BCUT2D eigenvalue weighted by Crippen LogP contribution is -2.21. The zero-order valence-corrected chi connectivity index (χ0v) is 73.9. The molecule has 1 aliphatic heterocycles. The van der Waals surface area contributed by atoms with Crippen LogP contribution in [0.5, 0.6) is 11.5 Å². The number of H-pyrrole nitrogens is 1. The zero-order chi connectivity index (χ0) is 91.1. The number of halogens is 2. The van der Waals surface area contributed by atoms with E-state index in [1.165, 1.54) is 59.0 Å². The Kier molecular flexibility index (Phi) is 43.9. The number of aromatic nitrogens is 4. The molecule has 0 radical (unpaired) electrons. The molecule has 2 heterocycles. The lowest BCUT2D eigenvalue weighted by Gasteiger charge is -2.12. The van der Waals surface area contributed by atoms with Crippen LogP contribution < -0.4 is 9.47 Å². The molecule has 1 aliphatic rings. The lowest BCUT2D eigenvalue weighted by molar-refractivity contribution is -0.139. The number of nitrogens with one attached hydrogen (secondary N) is 1. The van der Waals surface area contributed by atoms with Crippen LogP contribution in [-0.4, -0.2) is 138 Å². The second kappa shape index (κ2) is 51.7. The number of amides is 2. The second-order valence-electron chi connectivity index (χ2n) is 31.8. The maximum absolute atomic E-state index is 12.9. The van der Waals surface area contributed by atoms with Crippen molar-refractivity contribution in [2.24, 2.45) is 0 Å². The lowest BCUT2D eigenvalue weighted by atomic mass is 9.98. The first-order valence-corrected chi connectivity index (χ1v) is 40.2. The van der Waals surface area contributed by atoms with E-state index in [-0.39, 0.29) is 60.2 Å². The fraction of sp³-hybridized carbons (Fsp3) is 0.357. The molecular formula is C98H122F2N6O15. The predicted octanol–water partition coefficient (Wildman–Crippen LogP) is 22.2. The number of Topliss-reactive ketones (excluding diaryl/α,β-unsaturated/α-hetero) is 1. The number of ether oxygens (including phenoxy) is 2. The number of carboxylic acid groups (broad SMARTS) is 5. The molecule has 648 valence electrons. The van der Waals surface area contributed by atoms with Crippen molar-refractivity contribution in [2.45, 2.75) is 198 Å². The summed E-state index contributed by atoms with van der Waals surface area (Å²) in [6.07, 6.45) is 0.112. The van der Waals surface area contributed by atoms with E-state index in [2.05, 4.69) is 114 Å². The Morgan fingerprint density at radius 3 is 1.36 bits per heavy atom. The average molecular weight is 1660 g/mol. The second-order valence-corrected chi connectivity index (χ2v) is 31.8.